The molecule has 0 unspecified atom stereocenters. The maximum atomic E-state index is 12.1. The van der Waals surface area contributed by atoms with Gasteiger partial charge in [0.25, 0.3) is 0 Å². The molecule has 1 heterocycles. The molecule has 0 aromatic carbocycles. The summed E-state index contributed by atoms with van der Waals surface area (Å²) in [5.41, 5.74) is -0.0297. The van der Waals surface area contributed by atoms with E-state index in [2.05, 4.69) is 13.8 Å². The summed E-state index contributed by atoms with van der Waals surface area (Å²) in [5.74, 6) is 1.91. The molecule has 106 valence electrons. The van der Waals surface area contributed by atoms with Gasteiger partial charge in [-0.1, -0.05) is 20.3 Å². The van der Waals surface area contributed by atoms with Gasteiger partial charge in [0, 0.05) is 18.5 Å². The highest BCUT2D eigenvalue weighted by Gasteiger charge is 2.35. The van der Waals surface area contributed by atoms with Gasteiger partial charge in [0.2, 0.25) is 5.91 Å². The Bertz CT molecular complexity index is 256. The van der Waals surface area contributed by atoms with Gasteiger partial charge in [0.1, 0.15) is 0 Å². The second-order valence-electron chi connectivity index (χ2n) is 5.38. The van der Waals surface area contributed by atoms with E-state index in [0.717, 1.165) is 50.9 Å². The van der Waals surface area contributed by atoms with E-state index in [0.29, 0.717) is 5.75 Å². The van der Waals surface area contributed by atoms with Crippen LogP contribution in [0.1, 0.15) is 46.0 Å². The molecular weight excluding hydrogens is 246 g/mol. The van der Waals surface area contributed by atoms with Crippen LogP contribution < -0.4 is 0 Å². The van der Waals surface area contributed by atoms with Crippen molar-refractivity contribution >= 4 is 17.7 Å². The van der Waals surface area contributed by atoms with Crippen LogP contribution >= 0.6 is 11.8 Å². The Balaban J connectivity index is 2.48. The summed E-state index contributed by atoms with van der Waals surface area (Å²) in [6.07, 6.45) is 5.31. The van der Waals surface area contributed by atoms with Crippen LogP contribution in [-0.2, 0) is 4.79 Å². The van der Waals surface area contributed by atoms with Gasteiger partial charge in [-0.25, -0.2) is 0 Å². The Kier molecular flexibility index (Phi) is 7.08. The van der Waals surface area contributed by atoms with E-state index < -0.39 is 0 Å². The number of amides is 1. The normalized spacial score (nSPS) is 24.3. The first-order valence-corrected chi connectivity index (χ1v) is 8.29. The number of hydrogen-bond donors (Lipinski definition) is 1. The van der Waals surface area contributed by atoms with Gasteiger partial charge in [0.05, 0.1) is 12.4 Å². The number of piperidine rings is 1. The van der Waals surface area contributed by atoms with Crippen LogP contribution in [0.5, 0.6) is 0 Å². The summed E-state index contributed by atoms with van der Waals surface area (Å²) in [6, 6.07) is 0. The molecule has 1 fully saturated rings. The molecule has 0 spiro atoms. The van der Waals surface area contributed by atoms with Crippen molar-refractivity contribution in [2.45, 2.75) is 46.0 Å². The van der Waals surface area contributed by atoms with Crippen molar-refractivity contribution in [3.63, 3.8) is 0 Å². The van der Waals surface area contributed by atoms with Gasteiger partial charge in [-0.3, -0.25) is 4.79 Å². The van der Waals surface area contributed by atoms with Crippen LogP contribution in [0.4, 0.5) is 0 Å². The maximum Gasteiger partial charge on any atom is 0.232 e. The highest BCUT2D eigenvalue weighted by molar-refractivity contribution is 7.99. The zero-order valence-electron chi connectivity index (χ0n) is 11.8. The summed E-state index contributed by atoms with van der Waals surface area (Å²) >= 11 is 1.72. The third kappa shape index (κ3) is 4.47. The number of aliphatic hydroxyl groups excluding tert-OH is 1. The van der Waals surface area contributed by atoms with Crippen LogP contribution in [0, 0.1) is 5.41 Å². The van der Waals surface area contributed by atoms with Crippen molar-refractivity contribution in [1.82, 2.24) is 4.90 Å². The van der Waals surface area contributed by atoms with Gasteiger partial charge >= 0.3 is 0 Å². The van der Waals surface area contributed by atoms with E-state index in [1.807, 2.05) is 4.90 Å². The minimum absolute atomic E-state index is 0.0297. The van der Waals surface area contributed by atoms with E-state index in [1.165, 1.54) is 0 Å². The number of likely N-dealkylation sites (tertiary alicyclic amines) is 1. The molecule has 0 saturated carbocycles. The molecule has 3 nitrogen and oxygen atoms in total. The summed E-state index contributed by atoms with van der Waals surface area (Å²) in [5, 5.41) is 9.64. The number of aliphatic hydroxyl groups is 1. The summed E-state index contributed by atoms with van der Waals surface area (Å²) in [7, 11) is 0. The minimum Gasteiger partial charge on any atom is -0.396 e. The predicted molar refractivity (Wildman–Crippen MR) is 77.9 cm³/mol. The molecule has 0 aromatic heterocycles. The van der Waals surface area contributed by atoms with E-state index in [1.54, 1.807) is 11.8 Å². The number of thioether (sulfide) groups is 1. The van der Waals surface area contributed by atoms with Gasteiger partial charge in [-0.05, 0) is 31.4 Å². The average Bonchev–Trinajstić information content (AvgIpc) is 2.39. The van der Waals surface area contributed by atoms with E-state index in [-0.39, 0.29) is 17.9 Å². The van der Waals surface area contributed by atoms with Crippen molar-refractivity contribution in [2.75, 3.05) is 31.2 Å². The lowest BCUT2D eigenvalue weighted by molar-refractivity contribution is -0.132. The van der Waals surface area contributed by atoms with E-state index in [9.17, 15) is 9.90 Å². The summed E-state index contributed by atoms with van der Waals surface area (Å²) in [6.45, 7) is 6.12. The molecule has 1 atom stereocenters. The van der Waals surface area contributed by atoms with Crippen molar-refractivity contribution < 1.29 is 9.90 Å². The van der Waals surface area contributed by atoms with Crippen LogP contribution in [-0.4, -0.2) is 47.1 Å². The van der Waals surface area contributed by atoms with Crippen LogP contribution in [0.2, 0.25) is 0 Å². The van der Waals surface area contributed by atoms with Crippen LogP contribution in [0.3, 0.4) is 0 Å². The Labute approximate surface area is 115 Å². The first-order valence-electron chi connectivity index (χ1n) is 7.14. The molecule has 1 aliphatic rings. The molecule has 1 aliphatic heterocycles. The van der Waals surface area contributed by atoms with Crippen LogP contribution in [0.15, 0.2) is 0 Å². The first-order chi connectivity index (χ1) is 8.67. The molecule has 0 aliphatic carbocycles. The smallest absolute Gasteiger partial charge is 0.232 e. The standard InChI is InChI=1S/C14H27NO2S/c1-3-6-14(12-16)7-5-8-15(11-14)13(17)10-18-9-4-2/h16H,3-12H2,1-2H3/t14-/m0/s1. The number of hydrogen-bond acceptors (Lipinski definition) is 3. The van der Waals surface area contributed by atoms with Crippen molar-refractivity contribution in [3.8, 4) is 0 Å². The summed E-state index contributed by atoms with van der Waals surface area (Å²) in [4.78, 5) is 14.1. The second-order valence-corrected chi connectivity index (χ2v) is 6.48. The number of carbonyl (C=O) groups excluding carboxylic acids is 1. The topological polar surface area (TPSA) is 40.5 Å². The van der Waals surface area contributed by atoms with Gasteiger partial charge in [-0.15, -0.1) is 0 Å². The Hall–Kier alpha value is -0.220. The molecule has 1 N–H and O–H groups in total. The third-order valence-electron chi connectivity index (χ3n) is 3.70. The zero-order chi connectivity index (χ0) is 13.4. The predicted octanol–water partition coefficient (Wildman–Crippen LogP) is 2.53. The van der Waals surface area contributed by atoms with E-state index >= 15 is 0 Å². The molecule has 1 amide bonds. The zero-order valence-corrected chi connectivity index (χ0v) is 12.6. The first kappa shape index (κ1) is 15.8. The van der Waals surface area contributed by atoms with Crippen LogP contribution in [0.25, 0.3) is 0 Å². The van der Waals surface area contributed by atoms with Crippen molar-refractivity contribution in [3.05, 3.63) is 0 Å². The Morgan fingerprint density at radius 1 is 1.39 bits per heavy atom. The fourth-order valence-electron chi connectivity index (χ4n) is 2.76. The molecule has 0 aromatic rings. The molecule has 0 radical (unpaired) electrons. The SMILES string of the molecule is CCCSCC(=O)N1CCC[C@@](CO)(CCC)C1. The lowest BCUT2D eigenvalue weighted by Crippen LogP contribution is -2.48. The monoisotopic (exact) mass is 273 g/mol. The molecule has 1 saturated heterocycles. The Morgan fingerprint density at radius 2 is 2.17 bits per heavy atom. The molecule has 0 bridgehead atoms. The molecule has 1 rings (SSSR count). The molecule has 18 heavy (non-hydrogen) atoms. The van der Waals surface area contributed by atoms with Gasteiger partial charge in [-0.2, -0.15) is 11.8 Å². The van der Waals surface area contributed by atoms with Gasteiger partial charge < -0.3 is 10.0 Å². The summed E-state index contributed by atoms with van der Waals surface area (Å²) < 4.78 is 0. The lowest BCUT2D eigenvalue weighted by atomic mass is 9.77. The van der Waals surface area contributed by atoms with Crippen molar-refractivity contribution in [1.29, 1.82) is 0 Å². The Morgan fingerprint density at radius 3 is 2.78 bits per heavy atom. The fourth-order valence-corrected chi connectivity index (χ4v) is 3.55. The third-order valence-corrected chi connectivity index (χ3v) is 4.85. The van der Waals surface area contributed by atoms with Crippen molar-refractivity contribution in [2.24, 2.45) is 5.41 Å². The largest absolute Gasteiger partial charge is 0.396 e. The van der Waals surface area contributed by atoms with E-state index in [4.69, 9.17) is 0 Å². The highest BCUT2D eigenvalue weighted by Crippen LogP contribution is 2.34. The number of carbonyl (C=O) groups is 1. The average molecular weight is 273 g/mol. The second kappa shape index (κ2) is 8.05. The fraction of sp³-hybridized carbons (Fsp3) is 0.929. The highest BCUT2D eigenvalue weighted by atomic mass is 32.2. The maximum absolute atomic E-state index is 12.1. The molecular formula is C14H27NO2S. The quantitative estimate of drug-likeness (QED) is 0.725. The minimum atomic E-state index is -0.0297. The lowest BCUT2D eigenvalue weighted by Gasteiger charge is -2.42. The number of nitrogens with zero attached hydrogens (tertiary/aromatic N) is 1. The van der Waals surface area contributed by atoms with Gasteiger partial charge in [0.15, 0.2) is 0 Å². The molecule has 4 heteroatoms. The number of rotatable bonds is 7.